The Kier molecular flexibility index (Phi) is 4.44. The molecule has 0 aliphatic heterocycles. The predicted octanol–water partition coefficient (Wildman–Crippen LogP) is 2.38. The SMILES string of the molecule is C=CC(=O)c1cccc(S(N)(=O)=O)c1-c1ccccc1OC. The van der Waals surface area contributed by atoms with Crippen molar-refractivity contribution in [2.45, 2.75) is 4.90 Å². The molecule has 0 saturated heterocycles. The molecule has 0 aliphatic rings. The molecule has 0 aliphatic carbocycles. The van der Waals surface area contributed by atoms with Crippen LogP contribution in [-0.4, -0.2) is 21.3 Å². The number of sulfonamides is 1. The van der Waals surface area contributed by atoms with E-state index in [-0.39, 0.29) is 16.0 Å². The molecule has 2 aromatic carbocycles. The second-order valence-corrected chi connectivity index (χ2v) is 6.02. The van der Waals surface area contributed by atoms with Crippen molar-refractivity contribution < 1.29 is 17.9 Å². The lowest BCUT2D eigenvalue weighted by Gasteiger charge is -2.15. The van der Waals surface area contributed by atoms with Crippen LogP contribution in [0.25, 0.3) is 11.1 Å². The normalized spacial score (nSPS) is 11.0. The number of methoxy groups -OCH3 is 1. The van der Waals surface area contributed by atoms with Crippen LogP contribution in [0, 0.1) is 0 Å². The average molecular weight is 317 g/mol. The number of nitrogens with two attached hydrogens (primary N) is 1. The quantitative estimate of drug-likeness (QED) is 0.677. The summed E-state index contributed by atoms with van der Waals surface area (Å²) in [5.41, 5.74) is 0.887. The summed E-state index contributed by atoms with van der Waals surface area (Å²) in [5.74, 6) is 0.0446. The van der Waals surface area contributed by atoms with E-state index in [0.717, 1.165) is 6.08 Å². The highest BCUT2D eigenvalue weighted by Gasteiger charge is 2.23. The molecule has 0 fully saturated rings. The fraction of sp³-hybridized carbons (Fsp3) is 0.0625. The van der Waals surface area contributed by atoms with E-state index in [1.165, 1.54) is 25.3 Å². The molecule has 0 spiro atoms. The number of ketones is 1. The number of ether oxygens (including phenoxy) is 1. The number of benzene rings is 2. The van der Waals surface area contributed by atoms with Crippen molar-refractivity contribution in [3.05, 3.63) is 60.7 Å². The van der Waals surface area contributed by atoms with Crippen LogP contribution >= 0.6 is 0 Å². The number of primary sulfonamides is 1. The van der Waals surface area contributed by atoms with Gasteiger partial charge in [0.15, 0.2) is 5.78 Å². The first-order chi connectivity index (χ1) is 10.4. The van der Waals surface area contributed by atoms with Gasteiger partial charge in [-0.15, -0.1) is 0 Å². The van der Waals surface area contributed by atoms with E-state index >= 15 is 0 Å². The summed E-state index contributed by atoms with van der Waals surface area (Å²) in [5, 5.41) is 5.29. The van der Waals surface area contributed by atoms with Gasteiger partial charge in [-0.05, 0) is 18.2 Å². The number of allylic oxidation sites excluding steroid dienone is 1. The highest BCUT2D eigenvalue weighted by Crippen LogP contribution is 2.36. The van der Waals surface area contributed by atoms with Gasteiger partial charge in [0.2, 0.25) is 10.0 Å². The Morgan fingerprint density at radius 2 is 1.86 bits per heavy atom. The summed E-state index contributed by atoms with van der Waals surface area (Å²) < 4.78 is 29.0. The van der Waals surface area contributed by atoms with Crippen molar-refractivity contribution in [2.75, 3.05) is 7.11 Å². The zero-order chi connectivity index (χ0) is 16.3. The van der Waals surface area contributed by atoms with Gasteiger partial charge < -0.3 is 4.74 Å². The Labute approximate surface area is 129 Å². The molecule has 0 radical (unpaired) electrons. The maximum Gasteiger partial charge on any atom is 0.238 e. The molecule has 0 amide bonds. The van der Waals surface area contributed by atoms with Crippen molar-refractivity contribution in [1.29, 1.82) is 0 Å². The fourth-order valence-electron chi connectivity index (χ4n) is 2.21. The molecule has 0 atom stereocenters. The van der Waals surface area contributed by atoms with Crippen molar-refractivity contribution in [1.82, 2.24) is 0 Å². The minimum Gasteiger partial charge on any atom is -0.496 e. The van der Waals surface area contributed by atoms with Crippen LogP contribution in [0.3, 0.4) is 0 Å². The lowest BCUT2D eigenvalue weighted by atomic mass is 9.96. The molecule has 0 heterocycles. The van der Waals surface area contributed by atoms with Crippen molar-refractivity contribution in [3.63, 3.8) is 0 Å². The van der Waals surface area contributed by atoms with Crippen LogP contribution in [0.15, 0.2) is 60.0 Å². The number of hydrogen-bond donors (Lipinski definition) is 1. The molecule has 5 nitrogen and oxygen atoms in total. The van der Waals surface area contributed by atoms with Gasteiger partial charge in [-0.2, -0.15) is 0 Å². The van der Waals surface area contributed by atoms with Crippen LogP contribution < -0.4 is 9.88 Å². The minimum atomic E-state index is -4.01. The van der Waals surface area contributed by atoms with E-state index in [9.17, 15) is 13.2 Å². The van der Waals surface area contributed by atoms with E-state index < -0.39 is 15.8 Å². The Hall–Kier alpha value is -2.44. The monoisotopic (exact) mass is 317 g/mol. The topological polar surface area (TPSA) is 86.5 Å². The van der Waals surface area contributed by atoms with Crippen LogP contribution in [0.4, 0.5) is 0 Å². The summed E-state index contributed by atoms with van der Waals surface area (Å²) in [6, 6.07) is 11.2. The molecule has 114 valence electrons. The Morgan fingerprint density at radius 1 is 1.18 bits per heavy atom. The van der Waals surface area contributed by atoms with Crippen molar-refractivity contribution in [2.24, 2.45) is 5.14 Å². The summed E-state index contributed by atoms with van der Waals surface area (Å²) in [4.78, 5) is 12.0. The van der Waals surface area contributed by atoms with Gasteiger partial charge in [-0.25, -0.2) is 13.6 Å². The molecule has 0 bridgehead atoms. The van der Waals surface area contributed by atoms with Crippen LogP contribution in [0.1, 0.15) is 10.4 Å². The largest absolute Gasteiger partial charge is 0.496 e. The van der Waals surface area contributed by atoms with E-state index in [1.807, 2.05) is 0 Å². The van der Waals surface area contributed by atoms with E-state index in [2.05, 4.69) is 6.58 Å². The van der Waals surface area contributed by atoms with Gasteiger partial charge in [-0.3, -0.25) is 4.79 Å². The summed E-state index contributed by atoms with van der Waals surface area (Å²) in [7, 11) is -2.55. The van der Waals surface area contributed by atoms with Gasteiger partial charge in [-0.1, -0.05) is 36.9 Å². The van der Waals surface area contributed by atoms with E-state index in [4.69, 9.17) is 9.88 Å². The lowest BCUT2D eigenvalue weighted by Crippen LogP contribution is -2.15. The number of para-hydroxylation sites is 1. The van der Waals surface area contributed by atoms with E-state index in [0.29, 0.717) is 11.3 Å². The van der Waals surface area contributed by atoms with Crippen LogP contribution in [-0.2, 0) is 10.0 Å². The van der Waals surface area contributed by atoms with Crippen LogP contribution in [0.2, 0.25) is 0 Å². The first kappa shape index (κ1) is 15.9. The molecular formula is C16H15NO4S. The first-order valence-corrected chi connectivity index (χ1v) is 7.90. The van der Waals surface area contributed by atoms with Gasteiger partial charge in [0.05, 0.1) is 12.0 Å². The van der Waals surface area contributed by atoms with Crippen molar-refractivity contribution in [3.8, 4) is 16.9 Å². The number of carbonyl (C=O) groups is 1. The zero-order valence-electron chi connectivity index (χ0n) is 11.9. The third-order valence-corrected chi connectivity index (χ3v) is 4.11. The molecular weight excluding hydrogens is 302 g/mol. The number of rotatable bonds is 5. The molecule has 0 saturated carbocycles. The maximum atomic E-state index is 12.1. The molecule has 0 aromatic heterocycles. The Bertz CT molecular complexity index is 841. The number of hydrogen-bond acceptors (Lipinski definition) is 4. The van der Waals surface area contributed by atoms with Gasteiger partial charge in [0.1, 0.15) is 5.75 Å². The molecule has 6 heteroatoms. The second-order valence-electron chi connectivity index (χ2n) is 4.49. The standard InChI is InChI=1S/C16H15NO4S/c1-3-13(18)11-8-6-10-15(22(17,19)20)16(11)12-7-4-5-9-14(12)21-2/h3-10H,1H2,2H3,(H2,17,19,20). The lowest BCUT2D eigenvalue weighted by molar-refractivity contribution is 0.104. The third-order valence-electron chi connectivity index (χ3n) is 3.16. The molecule has 2 aromatic rings. The molecule has 2 N–H and O–H groups in total. The van der Waals surface area contributed by atoms with Gasteiger partial charge >= 0.3 is 0 Å². The van der Waals surface area contributed by atoms with E-state index in [1.54, 1.807) is 24.3 Å². The Morgan fingerprint density at radius 3 is 2.45 bits per heavy atom. The second kappa shape index (κ2) is 6.13. The fourth-order valence-corrected chi connectivity index (χ4v) is 2.99. The molecule has 0 unspecified atom stereocenters. The maximum absolute atomic E-state index is 12.1. The molecule has 2 rings (SSSR count). The minimum absolute atomic E-state index is 0.135. The average Bonchev–Trinajstić information content (AvgIpc) is 2.52. The van der Waals surface area contributed by atoms with Crippen LogP contribution in [0.5, 0.6) is 5.75 Å². The highest BCUT2D eigenvalue weighted by molar-refractivity contribution is 7.89. The van der Waals surface area contributed by atoms with Gasteiger partial charge in [0.25, 0.3) is 0 Å². The predicted molar refractivity (Wildman–Crippen MR) is 84.3 cm³/mol. The van der Waals surface area contributed by atoms with Crippen molar-refractivity contribution >= 4 is 15.8 Å². The first-order valence-electron chi connectivity index (χ1n) is 6.36. The summed E-state index contributed by atoms with van der Waals surface area (Å²) >= 11 is 0. The van der Waals surface area contributed by atoms with Gasteiger partial charge in [0, 0.05) is 16.7 Å². The molecule has 22 heavy (non-hydrogen) atoms. The Balaban J connectivity index is 2.93. The summed E-state index contributed by atoms with van der Waals surface area (Å²) in [6.45, 7) is 3.44. The zero-order valence-corrected chi connectivity index (χ0v) is 12.8. The summed E-state index contributed by atoms with van der Waals surface area (Å²) in [6.07, 6.45) is 1.13. The smallest absolute Gasteiger partial charge is 0.238 e. The number of carbonyl (C=O) groups excluding carboxylic acids is 1. The highest BCUT2D eigenvalue weighted by atomic mass is 32.2. The third kappa shape index (κ3) is 2.93.